The van der Waals surface area contributed by atoms with Crippen molar-refractivity contribution in [2.45, 2.75) is 121 Å². The average Bonchev–Trinajstić information content (AvgIpc) is 3.47. The van der Waals surface area contributed by atoms with Gasteiger partial charge in [0.1, 0.15) is 23.7 Å². The molecule has 1 aromatic rings. The van der Waals surface area contributed by atoms with Crippen molar-refractivity contribution < 1.29 is 56.7 Å². The smallest absolute Gasteiger partial charge is 0.416 e. The van der Waals surface area contributed by atoms with Gasteiger partial charge < -0.3 is 33.9 Å². The van der Waals surface area contributed by atoms with Crippen molar-refractivity contribution in [3.63, 3.8) is 0 Å². The highest BCUT2D eigenvalue weighted by Crippen LogP contribution is 2.48. The minimum absolute atomic E-state index is 0.114. The molecule has 5 aliphatic rings. The first-order valence-electron chi connectivity index (χ1n) is 18.8. The Kier molecular flexibility index (Phi) is 11.5. The maximum atomic E-state index is 14.4. The molecule has 2 bridgehead atoms. The summed E-state index contributed by atoms with van der Waals surface area (Å²) < 4.78 is 71.1. The second kappa shape index (κ2) is 15.5. The number of rotatable bonds is 4. The van der Waals surface area contributed by atoms with Crippen LogP contribution < -0.4 is 0 Å². The molecule has 2 saturated heterocycles. The van der Waals surface area contributed by atoms with Crippen molar-refractivity contribution in [1.29, 1.82) is 0 Å². The summed E-state index contributed by atoms with van der Waals surface area (Å²) in [5.74, 6) is -3.99. The summed E-state index contributed by atoms with van der Waals surface area (Å²) in [6.45, 7) is 11.6. The lowest BCUT2D eigenvalue weighted by atomic mass is 9.70. The molecule has 0 saturated carbocycles. The Hall–Kier alpha value is -3.55. The third-order valence-electron chi connectivity index (χ3n) is 11.7. The van der Waals surface area contributed by atoms with Crippen molar-refractivity contribution in [3.05, 3.63) is 94.6 Å². The SMILES string of the molecule is CC[C@H](C)[C@H]1O[C@]2(C=C[C@@H]1C)C[C@@H]1C[C@@H](C/C=C(\C)[C@@H](O)[C@@H](C)/C=C/C=C3\CO[C@@H]4[C@H](OC(=O)c5ccc(C(F)(F)F)cc5)C(C)=C[C@@H](C(=O)O1)[C@]34O)O2. The second-order valence-electron chi connectivity index (χ2n) is 15.6. The molecule has 0 amide bonds. The van der Waals surface area contributed by atoms with Crippen LogP contribution >= 0.6 is 0 Å². The summed E-state index contributed by atoms with van der Waals surface area (Å²) in [4.78, 5) is 27.7. The predicted molar refractivity (Wildman–Crippen MR) is 193 cm³/mol. The number of aliphatic hydroxyl groups is 2. The fourth-order valence-corrected chi connectivity index (χ4v) is 8.27. The van der Waals surface area contributed by atoms with E-state index in [0.29, 0.717) is 24.0 Å². The molecule has 1 aromatic carbocycles. The molecular formula is C42H51F3O9. The molecule has 2 fully saturated rings. The number of halogens is 3. The number of esters is 2. The molecule has 6 rings (SSSR count). The molecule has 0 radical (unpaired) electrons. The maximum Gasteiger partial charge on any atom is 0.416 e. The fourth-order valence-electron chi connectivity index (χ4n) is 8.27. The van der Waals surface area contributed by atoms with Crippen LogP contribution in [0.3, 0.4) is 0 Å². The van der Waals surface area contributed by atoms with E-state index in [1.54, 1.807) is 25.2 Å². The molecule has 4 aliphatic heterocycles. The number of benzene rings is 1. The Morgan fingerprint density at radius 2 is 1.78 bits per heavy atom. The van der Waals surface area contributed by atoms with Crippen molar-refractivity contribution >= 4 is 11.9 Å². The molecule has 294 valence electrons. The van der Waals surface area contributed by atoms with Crippen LogP contribution in [-0.2, 0) is 34.7 Å². The van der Waals surface area contributed by atoms with Gasteiger partial charge in [-0.3, -0.25) is 4.79 Å². The first-order chi connectivity index (χ1) is 25.5. The summed E-state index contributed by atoms with van der Waals surface area (Å²) in [5.41, 5.74) is -1.58. The zero-order valence-corrected chi connectivity index (χ0v) is 31.5. The number of aliphatic hydroxyl groups excluding tert-OH is 1. The topological polar surface area (TPSA) is 121 Å². The highest BCUT2D eigenvalue weighted by molar-refractivity contribution is 5.90. The third-order valence-corrected chi connectivity index (χ3v) is 11.7. The normalized spacial score (nSPS) is 40.3. The van der Waals surface area contributed by atoms with Gasteiger partial charge >= 0.3 is 18.1 Å². The largest absolute Gasteiger partial charge is 0.462 e. The van der Waals surface area contributed by atoms with E-state index in [9.17, 15) is 33.0 Å². The zero-order chi connectivity index (χ0) is 39.2. The number of hydrogen-bond donors (Lipinski definition) is 2. The van der Waals surface area contributed by atoms with Crippen LogP contribution in [0.15, 0.2) is 83.5 Å². The van der Waals surface area contributed by atoms with Gasteiger partial charge in [0.25, 0.3) is 0 Å². The molecule has 9 nitrogen and oxygen atoms in total. The Labute approximate surface area is 314 Å². The van der Waals surface area contributed by atoms with Crippen molar-refractivity contribution in [1.82, 2.24) is 0 Å². The molecule has 54 heavy (non-hydrogen) atoms. The minimum atomic E-state index is -4.58. The van der Waals surface area contributed by atoms with Crippen LogP contribution in [0.4, 0.5) is 13.2 Å². The van der Waals surface area contributed by atoms with E-state index in [4.69, 9.17) is 23.7 Å². The molecule has 12 heteroatoms. The van der Waals surface area contributed by atoms with Gasteiger partial charge in [-0.15, -0.1) is 0 Å². The van der Waals surface area contributed by atoms with E-state index < -0.39 is 71.5 Å². The second-order valence-corrected chi connectivity index (χ2v) is 15.6. The third kappa shape index (κ3) is 7.91. The minimum Gasteiger partial charge on any atom is -0.462 e. The lowest BCUT2D eigenvalue weighted by molar-refractivity contribution is -0.300. The van der Waals surface area contributed by atoms with Crippen molar-refractivity contribution in [3.8, 4) is 0 Å². The standard InChI is InChI=1S/C42H51F3O9/c1-7-23(2)35-26(5)17-18-40(54-35)21-32-20-31(53-40)16-11-25(4)34(46)24(3)9-8-10-30-22-50-37-36(27(6)19-33(39(48)51-32)41(30,37)49)52-38(47)28-12-14-29(15-13-28)42(43,44)45/h8-15,17-19,23-24,26,31-37,46,49H,7,16,20-22H2,1-6H3/b9-8+,25-11+,30-10+/t23-,24-,26-,31+,32-,33-,34-,35+,36+,37+,40+,41+/m0/s1. The van der Waals surface area contributed by atoms with Crippen LogP contribution in [0, 0.1) is 23.7 Å². The van der Waals surface area contributed by atoms with Crippen LogP contribution in [0.25, 0.3) is 0 Å². The number of alkyl halides is 3. The first kappa shape index (κ1) is 40.1. The highest BCUT2D eigenvalue weighted by Gasteiger charge is 2.61. The maximum absolute atomic E-state index is 14.4. The molecule has 2 N–H and O–H groups in total. The van der Waals surface area contributed by atoms with Gasteiger partial charge in [-0.1, -0.05) is 70.6 Å². The van der Waals surface area contributed by atoms with E-state index in [1.165, 1.54) is 6.08 Å². The Morgan fingerprint density at radius 3 is 2.46 bits per heavy atom. The Bertz CT molecular complexity index is 1730. The summed E-state index contributed by atoms with van der Waals surface area (Å²) in [5, 5.41) is 23.8. The molecule has 4 heterocycles. The van der Waals surface area contributed by atoms with Gasteiger partial charge in [0.15, 0.2) is 11.9 Å². The summed E-state index contributed by atoms with van der Waals surface area (Å²) in [7, 11) is 0. The van der Waals surface area contributed by atoms with Gasteiger partial charge in [0.05, 0.1) is 36.0 Å². The highest BCUT2D eigenvalue weighted by atomic mass is 19.4. The van der Waals surface area contributed by atoms with Gasteiger partial charge in [-0.2, -0.15) is 13.2 Å². The van der Waals surface area contributed by atoms with Crippen LogP contribution in [-0.4, -0.2) is 76.8 Å². The Morgan fingerprint density at radius 1 is 1.06 bits per heavy atom. The van der Waals surface area contributed by atoms with Gasteiger partial charge in [0, 0.05) is 24.7 Å². The van der Waals surface area contributed by atoms with Crippen LogP contribution in [0.1, 0.15) is 83.1 Å². The predicted octanol–water partition coefficient (Wildman–Crippen LogP) is 7.19. The van der Waals surface area contributed by atoms with E-state index in [0.717, 1.165) is 36.3 Å². The average molecular weight is 757 g/mol. The van der Waals surface area contributed by atoms with E-state index in [2.05, 4.69) is 26.8 Å². The number of carbonyl (C=O) groups excluding carboxylic acids is 2. The van der Waals surface area contributed by atoms with Gasteiger partial charge in [-0.05, 0) is 73.2 Å². The quantitative estimate of drug-likeness (QED) is 0.243. The number of ether oxygens (including phenoxy) is 5. The van der Waals surface area contributed by atoms with Gasteiger partial charge in [0.2, 0.25) is 0 Å². The number of hydrogen-bond acceptors (Lipinski definition) is 9. The summed E-state index contributed by atoms with van der Waals surface area (Å²) in [6, 6.07) is 3.63. The molecule has 0 aromatic heterocycles. The number of fused-ring (bicyclic) bond motifs is 2. The summed E-state index contributed by atoms with van der Waals surface area (Å²) >= 11 is 0. The molecular weight excluding hydrogens is 705 g/mol. The summed E-state index contributed by atoms with van der Waals surface area (Å²) in [6.07, 6.45) is 5.44. The van der Waals surface area contributed by atoms with Crippen LogP contribution in [0.5, 0.6) is 0 Å². The molecule has 0 unspecified atom stereocenters. The lowest BCUT2D eigenvalue weighted by Crippen LogP contribution is -2.59. The lowest BCUT2D eigenvalue weighted by Gasteiger charge is -2.48. The van der Waals surface area contributed by atoms with Crippen molar-refractivity contribution in [2.75, 3.05) is 6.61 Å². The fraction of sp³-hybridized carbons (Fsp3) is 0.571. The van der Waals surface area contributed by atoms with E-state index in [1.807, 2.05) is 26.0 Å². The molecule has 12 atom stereocenters. The first-order valence-corrected chi connectivity index (χ1v) is 18.8. The monoisotopic (exact) mass is 756 g/mol. The number of allylic oxidation sites excluding steroid dienone is 2. The zero-order valence-electron chi connectivity index (χ0n) is 31.5. The number of carbonyl (C=O) groups is 2. The van der Waals surface area contributed by atoms with Crippen LogP contribution in [0.2, 0.25) is 0 Å². The van der Waals surface area contributed by atoms with Crippen molar-refractivity contribution in [2.24, 2.45) is 23.7 Å². The van der Waals surface area contributed by atoms with Gasteiger partial charge in [-0.25, -0.2) is 4.79 Å². The molecule has 1 spiro atoms. The molecule has 1 aliphatic carbocycles. The van der Waals surface area contributed by atoms with E-state index in [-0.39, 0.29) is 42.4 Å². The van der Waals surface area contributed by atoms with E-state index >= 15 is 0 Å². The Balaban J connectivity index is 1.36.